The van der Waals surface area contributed by atoms with Crippen LogP contribution in [0.3, 0.4) is 0 Å². The van der Waals surface area contributed by atoms with Crippen LogP contribution in [-0.2, 0) is 22.4 Å². The number of pyridine rings is 1. The maximum Gasteiger partial charge on any atom is 0.340 e. The van der Waals surface area contributed by atoms with Crippen molar-refractivity contribution in [2.24, 2.45) is 0 Å². The lowest BCUT2D eigenvalue weighted by Crippen LogP contribution is -2.31. The van der Waals surface area contributed by atoms with Gasteiger partial charge in [0.1, 0.15) is 5.75 Å². The predicted molar refractivity (Wildman–Crippen MR) is 123 cm³/mol. The molecule has 166 valence electrons. The molecular weight excluding hydrogens is 404 g/mol. The van der Waals surface area contributed by atoms with Gasteiger partial charge in [-0.05, 0) is 74.4 Å². The highest BCUT2D eigenvalue weighted by Crippen LogP contribution is 2.25. The van der Waals surface area contributed by atoms with E-state index in [9.17, 15) is 9.59 Å². The Bertz CT molecular complexity index is 1170. The monoisotopic (exact) mass is 432 g/mol. The van der Waals surface area contributed by atoms with Gasteiger partial charge in [0.05, 0.1) is 29.9 Å². The predicted octanol–water partition coefficient (Wildman–Crippen LogP) is 4.46. The number of aryl methyl sites for hydroxylation is 3. The second kappa shape index (κ2) is 9.39. The molecule has 6 nitrogen and oxygen atoms in total. The average Bonchev–Trinajstić information content (AvgIpc) is 2.81. The molecular formula is C26H28N2O4. The Morgan fingerprint density at radius 2 is 1.84 bits per heavy atom. The van der Waals surface area contributed by atoms with Crippen molar-refractivity contribution in [1.29, 1.82) is 0 Å². The van der Waals surface area contributed by atoms with Crippen molar-refractivity contribution in [3.8, 4) is 5.75 Å². The lowest BCUT2D eigenvalue weighted by Gasteiger charge is -2.20. The molecule has 1 N–H and O–H groups in total. The van der Waals surface area contributed by atoms with Gasteiger partial charge in [-0.15, -0.1) is 0 Å². The average molecular weight is 433 g/mol. The minimum absolute atomic E-state index is 0.160. The molecule has 3 aromatic rings. The van der Waals surface area contributed by atoms with Gasteiger partial charge in [0.15, 0.2) is 6.61 Å². The van der Waals surface area contributed by atoms with Gasteiger partial charge in [0, 0.05) is 11.5 Å². The first-order valence-electron chi connectivity index (χ1n) is 11.0. The van der Waals surface area contributed by atoms with E-state index in [4.69, 9.17) is 9.47 Å². The van der Waals surface area contributed by atoms with Gasteiger partial charge in [-0.1, -0.05) is 18.2 Å². The van der Waals surface area contributed by atoms with E-state index in [1.165, 1.54) is 24.0 Å². The topological polar surface area (TPSA) is 77.5 Å². The Labute approximate surface area is 187 Å². The summed E-state index contributed by atoms with van der Waals surface area (Å²) in [5.41, 5.74) is 5.46. The highest BCUT2D eigenvalue weighted by molar-refractivity contribution is 5.96. The zero-order valence-corrected chi connectivity index (χ0v) is 18.7. The SMILES string of the molecule is COc1ccc2cc(C(=O)OCC(=O)NC(C)c3ccc4c(c3)CCCC4)c(C)nc2c1. The molecule has 1 heterocycles. The largest absolute Gasteiger partial charge is 0.497 e. The number of carbonyl (C=O) groups excluding carboxylic acids is 2. The fourth-order valence-electron chi connectivity index (χ4n) is 4.17. The van der Waals surface area contributed by atoms with Gasteiger partial charge in [-0.25, -0.2) is 4.79 Å². The van der Waals surface area contributed by atoms with Crippen LogP contribution in [0.2, 0.25) is 0 Å². The number of amides is 1. The Morgan fingerprint density at radius 1 is 1.06 bits per heavy atom. The molecule has 0 aliphatic heterocycles. The number of ether oxygens (including phenoxy) is 2. The molecule has 0 fully saturated rings. The normalized spacial score (nSPS) is 13.8. The molecule has 0 bridgehead atoms. The van der Waals surface area contributed by atoms with Crippen molar-refractivity contribution in [1.82, 2.24) is 10.3 Å². The summed E-state index contributed by atoms with van der Waals surface area (Å²) in [4.78, 5) is 29.5. The number of nitrogens with one attached hydrogen (secondary N) is 1. The quantitative estimate of drug-likeness (QED) is 0.582. The molecule has 2 aromatic carbocycles. The van der Waals surface area contributed by atoms with E-state index >= 15 is 0 Å². The molecule has 0 spiro atoms. The lowest BCUT2D eigenvalue weighted by atomic mass is 9.89. The van der Waals surface area contributed by atoms with Gasteiger partial charge in [-0.3, -0.25) is 9.78 Å². The summed E-state index contributed by atoms with van der Waals surface area (Å²) in [6.45, 7) is 3.35. The molecule has 6 heteroatoms. The van der Waals surface area contributed by atoms with E-state index in [0.29, 0.717) is 17.0 Å². The molecule has 1 aliphatic rings. The van der Waals surface area contributed by atoms with Crippen molar-refractivity contribution in [2.45, 2.75) is 45.6 Å². The smallest absolute Gasteiger partial charge is 0.340 e. The molecule has 0 saturated carbocycles. The summed E-state index contributed by atoms with van der Waals surface area (Å²) < 4.78 is 10.5. The molecule has 1 aromatic heterocycles. The minimum atomic E-state index is -0.565. The summed E-state index contributed by atoms with van der Waals surface area (Å²) in [6, 6.07) is 13.4. The van der Waals surface area contributed by atoms with Crippen LogP contribution in [0.4, 0.5) is 0 Å². The summed E-state index contributed by atoms with van der Waals surface area (Å²) in [5.74, 6) is -0.201. The number of methoxy groups -OCH3 is 1. The molecule has 0 saturated heterocycles. The Kier molecular flexibility index (Phi) is 6.40. The van der Waals surface area contributed by atoms with Crippen molar-refractivity contribution >= 4 is 22.8 Å². The third-order valence-electron chi connectivity index (χ3n) is 6.02. The fourth-order valence-corrected chi connectivity index (χ4v) is 4.17. The number of hydrogen-bond donors (Lipinski definition) is 1. The van der Waals surface area contributed by atoms with E-state index < -0.39 is 5.97 Å². The van der Waals surface area contributed by atoms with Gasteiger partial charge in [-0.2, -0.15) is 0 Å². The van der Waals surface area contributed by atoms with Crippen LogP contribution in [-0.4, -0.2) is 30.6 Å². The summed E-state index contributed by atoms with van der Waals surface area (Å²) in [6.07, 6.45) is 4.67. The van der Waals surface area contributed by atoms with E-state index in [1.54, 1.807) is 20.1 Å². The lowest BCUT2D eigenvalue weighted by molar-refractivity contribution is -0.124. The Balaban J connectivity index is 1.37. The first-order chi connectivity index (χ1) is 15.4. The molecule has 1 aliphatic carbocycles. The zero-order chi connectivity index (χ0) is 22.7. The minimum Gasteiger partial charge on any atom is -0.497 e. The Morgan fingerprint density at radius 3 is 2.62 bits per heavy atom. The van der Waals surface area contributed by atoms with Crippen molar-refractivity contribution < 1.29 is 19.1 Å². The molecule has 1 unspecified atom stereocenters. The second-order valence-corrected chi connectivity index (χ2v) is 8.28. The number of esters is 1. The third-order valence-corrected chi connectivity index (χ3v) is 6.02. The van der Waals surface area contributed by atoms with Crippen molar-refractivity contribution in [2.75, 3.05) is 13.7 Å². The van der Waals surface area contributed by atoms with Gasteiger partial charge in [0.2, 0.25) is 0 Å². The summed E-state index contributed by atoms with van der Waals surface area (Å²) in [7, 11) is 1.59. The maximum atomic E-state index is 12.6. The van der Waals surface area contributed by atoms with Crippen LogP contribution in [0.1, 0.15) is 58.5 Å². The van der Waals surface area contributed by atoms with Gasteiger partial charge in [0.25, 0.3) is 5.91 Å². The van der Waals surface area contributed by atoms with Crippen LogP contribution in [0, 0.1) is 6.92 Å². The fraction of sp³-hybridized carbons (Fsp3) is 0.346. The van der Waals surface area contributed by atoms with Crippen LogP contribution in [0.15, 0.2) is 42.5 Å². The highest BCUT2D eigenvalue weighted by atomic mass is 16.5. The van der Waals surface area contributed by atoms with Gasteiger partial charge < -0.3 is 14.8 Å². The van der Waals surface area contributed by atoms with Crippen molar-refractivity contribution in [3.05, 3.63) is 70.4 Å². The maximum absolute atomic E-state index is 12.6. The van der Waals surface area contributed by atoms with E-state index in [2.05, 4.69) is 28.5 Å². The molecule has 32 heavy (non-hydrogen) atoms. The number of nitrogens with zero attached hydrogens (tertiary/aromatic N) is 1. The summed E-state index contributed by atoms with van der Waals surface area (Å²) in [5, 5.41) is 3.72. The van der Waals surface area contributed by atoms with E-state index in [-0.39, 0.29) is 18.6 Å². The number of hydrogen-bond acceptors (Lipinski definition) is 5. The van der Waals surface area contributed by atoms with Crippen LogP contribution in [0.5, 0.6) is 5.75 Å². The Hall–Kier alpha value is -3.41. The summed E-state index contributed by atoms with van der Waals surface area (Å²) >= 11 is 0. The standard InChI is InChI=1S/C26H28N2O4/c1-16(19-9-8-18-6-4-5-7-20(18)12-19)28-25(29)15-32-26(30)23-13-21-10-11-22(31-3)14-24(21)27-17(23)2/h8-14,16H,4-7,15H2,1-3H3,(H,28,29). The number of benzene rings is 2. The van der Waals surface area contributed by atoms with E-state index in [0.717, 1.165) is 29.3 Å². The number of rotatable bonds is 6. The first kappa shape index (κ1) is 21.8. The van der Waals surface area contributed by atoms with Gasteiger partial charge >= 0.3 is 5.97 Å². The molecule has 1 amide bonds. The van der Waals surface area contributed by atoms with Crippen LogP contribution < -0.4 is 10.1 Å². The number of fused-ring (bicyclic) bond motifs is 2. The first-order valence-corrected chi connectivity index (χ1v) is 11.0. The van der Waals surface area contributed by atoms with Crippen LogP contribution in [0.25, 0.3) is 10.9 Å². The van der Waals surface area contributed by atoms with E-state index in [1.807, 2.05) is 25.1 Å². The van der Waals surface area contributed by atoms with Crippen molar-refractivity contribution in [3.63, 3.8) is 0 Å². The molecule has 1 atom stereocenters. The molecule has 0 radical (unpaired) electrons. The number of carbonyl (C=O) groups is 2. The zero-order valence-electron chi connectivity index (χ0n) is 18.7. The van der Waals surface area contributed by atoms with Crippen LogP contribution >= 0.6 is 0 Å². The third kappa shape index (κ3) is 4.74. The second-order valence-electron chi connectivity index (χ2n) is 8.28. The number of aromatic nitrogens is 1. The molecule has 4 rings (SSSR count). The highest BCUT2D eigenvalue weighted by Gasteiger charge is 2.17.